The van der Waals surface area contributed by atoms with Crippen LogP contribution < -0.4 is 0 Å². The molecule has 0 aliphatic rings. The molecule has 17 heavy (non-hydrogen) atoms. The van der Waals surface area contributed by atoms with Gasteiger partial charge in [0.1, 0.15) is 5.75 Å². The fourth-order valence-corrected chi connectivity index (χ4v) is 1.51. The summed E-state index contributed by atoms with van der Waals surface area (Å²) in [6.07, 6.45) is 3.76. The smallest absolute Gasteiger partial charge is 0.118 e. The van der Waals surface area contributed by atoms with E-state index in [9.17, 15) is 5.11 Å². The minimum atomic E-state index is -0.0425. The molecule has 0 radical (unpaired) electrons. The second kappa shape index (κ2) is 4.84. The van der Waals surface area contributed by atoms with E-state index in [0.29, 0.717) is 11.4 Å². The summed E-state index contributed by atoms with van der Waals surface area (Å²) < 4.78 is 0. The van der Waals surface area contributed by atoms with Gasteiger partial charge in [-0.25, -0.2) is 0 Å². The van der Waals surface area contributed by atoms with Crippen LogP contribution in [0.5, 0.6) is 5.75 Å². The molecule has 0 fully saturated rings. The summed E-state index contributed by atoms with van der Waals surface area (Å²) in [6, 6.07) is 7.17. The van der Waals surface area contributed by atoms with E-state index in [4.69, 9.17) is 5.11 Å². The third-order valence-electron chi connectivity index (χ3n) is 2.49. The number of benzene rings is 1. The number of aliphatic hydroxyl groups is 1. The standard InChI is InChI=1S/C13H14N2O2/c1-9-6-10(3-5-13(9)17)2-4-11-7-12(8-16)15-14-11/h2-7,16-17H,8H2,1H3,(H,14,15)/b4-2+. The van der Waals surface area contributed by atoms with E-state index in [1.54, 1.807) is 12.1 Å². The Labute approximate surface area is 99.2 Å². The summed E-state index contributed by atoms with van der Waals surface area (Å²) in [6.45, 7) is 1.81. The Balaban J connectivity index is 2.16. The highest BCUT2D eigenvalue weighted by Crippen LogP contribution is 2.18. The van der Waals surface area contributed by atoms with E-state index in [1.165, 1.54) is 0 Å². The molecule has 3 N–H and O–H groups in total. The van der Waals surface area contributed by atoms with Crippen LogP contribution in [0.1, 0.15) is 22.5 Å². The van der Waals surface area contributed by atoms with Gasteiger partial charge in [0, 0.05) is 0 Å². The first-order valence-corrected chi connectivity index (χ1v) is 5.32. The minimum absolute atomic E-state index is 0.0425. The summed E-state index contributed by atoms with van der Waals surface area (Å²) >= 11 is 0. The van der Waals surface area contributed by atoms with Crippen molar-refractivity contribution in [2.45, 2.75) is 13.5 Å². The van der Waals surface area contributed by atoms with E-state index in [-0.39, 0.29) is 6.61 Å². The summed E-state index contributed by atoms with van der Waals surface area (Å²) in [5.74, 6) is 0.296. The molecule has 0 bridgehead atoms. The number of phenolic OH excluding ortho intramolecular Hbond substituents is 1. The summed E-state index contributed by atoms with van der Waals surface area (Å²) in [5.41, 5.74) is 3.28. The molecule has 88 valence electrons. The van der Waals surface area contributed by atoms with Crippen molar-refractivity contribution in [1.82, 2.24) is 10.2 Å². The maximum Gasteiger partial charge on any atom is 0.118 e. The number of hydrogen-bond donors (Lipinski definition) is 3. The molecule has 2 rings (SSSR count). The first-order valence-electron chi connectivity index (χ1n) is 5.32. The molecule has 0 aliphatic carbocycles. The Hall–Kier alpha value is -2.07. The van der Waals surface area contributed by atoms with Crippen LogP contribution in [-0.4, -0.2) is 20.4 Å². The number of aromatic hydroxyl groups is 1. The zero-order chi connectivity index (χ0) is 12.3. The lowest BCUT2D eigenvalue weighted by molar-refractivity contribution is 0.276. The SMILES string of the molecule is Cc1cc(/C=C/c2cc(CO)[nH]n2)ccc1O. The number of aromatic nitrogens is 2. The van der Waals surface area contributed by atoms with Gasteiger partial charge in [-0.05, 0) is 42.3 Å². The Kier molecular flexibility index (Phi) is 3.25. The molecular weight excluding hydrogens is 216 g/mol. The quantitative estimate of drug-likeness (QED) is 0.756. The monoisotopic (exact) mass is 230 g/mol. The average molecular weight is 230 g/mol. The Morgan fingerprint density at radius 2 is 2.12 bits per heavy atom. The van der Waals surface area contributed by atoms with E-state index < -0.39 is 0 Å². The van der Waals surface area contributed by atoms with E-state index >= 15 is 0 Å². The number of aliphatic hydroxyl groups excluding tert-OH is 1. The second-order valence-corrected chi connectivity index (χ2v) is 3.86. The van der Waals surface area contributed by atoms with Crippen LogP contribution in [0, 0.1) is 6.92 Å². The largest absolute Gasteiger partial charge is 0.508 e. The average Bonchev–Trinajstić information content (AvgIpc) is 2.79. The number of nitrogens with zero attached hydrogens (tertiary/aromatic N) is 1. The summed E-state index contributed by atoms with van der Waals surface area (Å²) in [4.78, 5) is 0. The fraction of sp³-hybridized carbons (Fsp3) is 0.154. The van der Waals surface area contributed by atoms with Gasteiger partial charge >= 0.3 is 0 Å². The first-order chi connectivity index (χ1) is 8.19. The summed E-state index contributed by atoms with van der Waals surface area (Å²) in [7, 11) is 0. The van der Waals surface area contributed by atoms with Crippen molar-refractivity contribution in [2.24, 2.45) is 0 Å². The van der Waals surface area contributed by atoms with Gasteiger partial charge in [-0.1, -0.05) is 12.1 Å². The van der Waals surface area contributed by atoms with Crippen LogP contribution in [0.2, 0.25) is 0 Å². The lowest BCUT2D eigenvalue weighted by atomic mass is 10.1. The van der Waals surface area contributed by atoms with Gasteiger partial charge in [0.05, 0.1) is 18.0 Å². The molecule has 4 nitrogen and oxygen atoms in total. The molecule has 4 heteroatoms. The van der Waals surface area contributed by atoms with Crippen LogP contribution in [0.3, 0.4) is 0 Å². The predicted octanol–water partition coefficient (Wildman–Crippen LogP) is 2.09. The molecule has 0 saturated heterocycles. The highest BCUT2D eigenvalue weighted by molar-refractivity contribution is 5.68. The zero-order valence-corrected chi connectivity index (χ0v) is 9.51. The zero-order valence-electron chi connectivity index (χ0n) is 9.51. The van der Waals surface area contributed by atoms with Gasteiger partial charge in [-0.3, -0.25) is 5.10 Å². The van der Waals surface area contributed by atoms with Gasteiger partial charge < -0.3 is 10.2 Å². The van der Waals surface area contributed by atoms with Crippen molar-refractivity contribution in [2.75, 3.05) is 0 Å². The van der Waals surface area contributed by atoms with E-state index in [1.807, 2.05) is 31.2 Å². The van der Waals surface area contributed by atoms with Gasteiger partial charge in [0.15, 0.2) is 0 Å². The molecule has 0 unspecified atom stereocenters. The van der Waals surface area contributed by atoms with Gasteiger partial charge in [-0.2, -0.15) is 5.10 Å². The second-order valence-electron chi connectivity index (χ2n) is 3.86. The third-order valence-corrected chi connectivity index (χ3v) is 2.49. The molecule has 0 aliphatic heterocycles. The number of hydrogen-bond acceptors (Lipinski definition) is 3. The number of phenols is 1. The number of rotatable bonds is 3. The third kappa shape index (κ3) is 2.73. The lowest BCUT2D eigenvalue weighted by Crippen LogP contribution is -1.79. The summed E-state index contributed by atoms with van der Waals surface area (Å²) in [5, 5.41) is 25.0. The van der Waals surface area contributed by atoms with E-state index in [2.05, 4.69) is 10.2 Å². The highest BCUT2D eigenvalue weighted by Gasteiger charge is 1.97. The fourth-order valence-electron chi connectivity index (χ4n) is 1.51. The van der Waals surface area contributed by atoms with Crippen LogP contribution in [-0.2, 0) is 6.61 Å². The molecule has 1 heterocycles. The first kappa shape index (κ1) is 11.4. The van der Waals surface area contributed by atoms with Crippen molar-refractivity contribution in [3.63, 3.8) is 0 Å². The molecular formula is C13H14N2O2. The van der Waals surface area contributed by atoms with Crippen LogP contribution in [0.4, 0.5) is 0 Å². The van der Waals surface area contributed by atoms with Crippen molar-refractivity contribution < 1.29 is 10.2 Å². The van der Waals surface area contributed by atoms with Gasteiger partial charge in [-0.15, -0.1) is 0 Å². The van der Waals surface area contributed by atoms with E-state index in [0.717, 1.165) is 16.8 Å². The van der Waals surface area contributed by atoms with Crippen molar-refractivity contribution in [3.05, 3.63) is 46.8 Å². The molecule has 0 atom stereocenters. The Morgan fingerprint density at radius 3 is 2.76 bits per heavy atom. The molecule has 2 aromatic rings. The number of nitrogens with one attached hydrogen (secondary N) is 1. The van der Waals surface area contributed by atoms with Crippen molar-refractivity contribution in [1.29, 1.82) is 0 Å². The van der Waals surface area contributed by atoms with Gasteiger partial charge in [0.25, 0.3) is 0 Å². The number of H-pyrrole nitrogens is 1. The molecule has 0 saturated carbocycles. The maximum atomic E-state index is 9.39. The van der Waals surface area contributed by atoms with Crippen LogP contribution >= 0.6 is 0 Å². The highest BCUT2D eigenvalue weighted by atomic mass is 16.3. The number of aryl methyl sites for hydroxylation is 1. The van der Waals surface area contributed by atoms with Gasteiger partial charge in [0.2, 0.25) is 0 Å². The Bertz CT molecular complexity index is 544. The molecule has 0 spiro atoms. The van der Waals surface area contributed by atoms with Crippen LogP contribution in [0.15, 0.2) is 24.3 Å². The Morgan fingerprint density at radius 1 is 1.29 bits per heavy atom. The van der Waals surface area contributed by atoms with Crippen molar-refractivity contribution >= 4 is 12.2 Å². The molecule has 1 aromatic heterocycles. The lowest BCUT2D eigenvalue weighted by Gasteiger charge is -1.98. The number of aromatic amines is 1. The molecule has 0 amide bonds. The predicted molar refractivity (Wildman–Crippen MR) is 66.3 cm³/mol. The minimum Gasteiger partial charge on any atom is -0.508 e. The van der Waals surface area contributed by atoms with Crippen molar-refractivity contribution in [3.8, 4) is 5.75 Å². The maximum absolute atomic E-state index is 9.39. The normalized spacial score (nSPS) is 11.2. The molecule has 1 aromatic carbocycles. The van der Waals surface area contributed by atoms with Crippen LogP contribution in [0.25, 0.3) is 12.2 Å². The topological polar surface area (TPSA) is 69.1 Å².